The second-order valence-electron chi connectivity index (χ2n) is 5.84. The number of thioether (sulfide) groups is 1. The Morgan fingerprint density at radius 1 is 1.25 bits per heavy atom. The van der Waals surface area contributed by atoms with Crippen molar-refractivity contribution in [2.45, 2.75) is 4.90 Å². The molecule has 4 rings (SSSR count). The van der Waals surface area contributed by atoms with E-state index in [1.54, 1.807) is 36.7 Å². The Hall–Kier alpha value is -2.53. The summed E-state index contributed by atoms with van der Waals surface area (Å²) in [6.45, 7) is 0. The summed E-state index contributed by atoms with van der Waals surface area (Å²) in [6.07, 6.45) is 4.94. The monoisotopic (exact) mass is 431 g/mol. The number of carbonyl (C=O) groups excluding carboxylic acids is 1. The minimum Gasteiger partial charge on any atom is -0.456 e. The van der Waals surface area contributed by atoms with Crippen molar-refractivity contribution in [3.05, 3.63) is 53.4 Å². The highest BCUT2D eigenvalue weighted by molar-refractivity contribution is 8.26. The van der Waals surface area contributed by atoms with Gasteiger partial charge in [-0.3, -0.25) is 9.78 Å². The maximum atomic E-state index is 11.9. The van der Waals surface area contributed by atoms with Gasteiger partial charge in [0.15, 0.2) is 0 Å². The van der Waals surface area contributed by atoms with Crippen LogP contribution in [0.5, 0.6) is 0 Å². The molecule has 1 aliphatic rings. The van der Waals surface area contributed by atoms with Crippen LogP contribution in [-0.2, 0) is 14.8 Å². The average molecular weight is 432 g/mol. The summed E-state index contributed by atoms with van der Waals surface area (Å²) >= 11 is 6.16. The molecule has 0 bridgehead atoms. The van der Waals surface area contributed by atoms with Gasteiger partial charge in [0.1, 0.15) is 15.7 Å². The summed E-state index contributed by atoms with van der Waals surface area (Å²) < 4.78 is 32.4. The number of fused-ring (bicyclic) bond motifs is 1. The third-order valence-corrected chi connectivity index (χ3v) is 6.69. The summed E-state index contributed by atoms with van der Waals surface area (Å²) in [5.41, 5.74) is 2.07. The number of aromatic nitrogens is 1. The zero-order valence-electron chi connectivity index (χ0n) is 14.4. The molecular formula is C18H13N3O4S3. The molecule has 10 heteroatoms. The van der Waals surface area contributed by atoms with Crippen LogP contribution in [0.2, 0.25) is 0 Å². The van der Waals surface area contributed by atoms with Crippen LogP contribution in [0.3, 0.4) is 0 Å². The van der Waals surface area contributed by atoms with Gasteiger partial charge in [0.25, 0.3) is 5.91 Å². The Bertz CT molecular complexity index is 1240. The molecule has 0 saturated carbocycles. The molecule has 1 fully saturated rings. The first-order valence-electron chi connectivity index (χ1n) is 8.04. The van der Waals surface area contributed by atoms with Crippen molar-refractivity contribution >= 4 is 61.3 Å². The fraction of sp³-hybridized carbons (Fsp3) is 0.0556. The van der Waals surface area contributed by atoms with Crippen LogP contribution < -0.4 is 10.0 Å². The standard InChI is InChI=1S/C18H13N3O4S3/c1-19-28(23,24)13-4-2-10(3-5-13)14-9-20-8-11-6-12(25-16(11)14)7-15-17(22)21-18(26)27-15/h2-9,19H,1H3,(H,21,22,26)/b15-7-. The lowest BCUT2D eigenvalue weighted by Gasteiger charge is -2.05. The van der Waals surface area contributed by atoms with Crippen molar-refractivity contribution in [3.63, 3.8) is 0 Å². The van der Waals surface area contributed by atoms with Crippen molar-refractivity contribution in [3.8, 4) is 11.1 Å². The maximum absolute atomic E-state index is 11.9. The van der Waals surface area contributed by atoms with Gasteiger partial charge in [-0.1, -0.05) is 36.1 Å². The molecule has 7 nitrogen and oxygen atoms in total. The molecule has 2 aromatic heterocycles. The molecule has 1 aliphatic heterocycles. The lowest BCUT2D eigenvalue weighted by Crippen LogP contribution is -2.18. The van der Waals surface area contributed by atoms with E-state index in [0.717, 1.165) is 16.5 Å². The van der Waals surface area contributed by atoms with Crippen molar-refractivity contribution in [2.75, 3.05) is 7.05 Å². The second-order valence-corrected chi connectivity index (χ2v) is 9.44. The first-order valence-corrected chi connectivity index (χ1v) is 10.7. The van der Waals surface area contributed by atoms with Crippen LogP contribution in [-0.4, -0.2) is 30.7 Å². The topological polar surface area (TPSA) is 101 Å². The van der Waals surface area contributed by atoms with E-state index in [2.05, 4.69) is 15.0 Å². The van der Waals surface area contributed by atoms with Crippen LogP contribution in [0, 0.1) is 0 Å². The maximum Gasteiger partial charge on any atom is 0.263 e. The highest BCUT2D eigenvalue weighted by atomic mass is 32.2. The van der Waals surface area contributed by atoms with E-state index in [0.29, 0.717) is 20.6 Å². The zero-order chi connectivity index (χ0) is 19.9. The van der Waals surface area contributed by atoms with Crippen LogP contribution in [0.4, 0.5) is 0 Å². The van der Waals surface area contributed by atoms with Crippen molar-refractivity contribution in [2.24, 2.45) is 0 Å². The molecular weight excluding hydrogens is 418 g/mol. The van der Waals surface area contributed by atoms with Gasteiger partial charge in [-0.05, 0) is 30.8 Å². The number of thiocarbonyl (C=S) groups is 1. The number of pyridine rings is 1. The minimum atomic E-state index is -3.51. The van der Waals surface area contributed by atoms with Gasteiger partial charge in [0.2, 0.25) is 10.0 Å². The molecule has 0 atom stereocenters. The van der Waals surface area contributed by atoms with Gasteiger partial charge in [0.05, 0.1) is 9.80 Å². The van der Waals surface area contributed by atoms with Gasteiger partial charge in [0, 0.05) is 29.4 Å². The van der Waals surface area contributed by atoms with E-state index in [4.69, 9.17) is 16.6 Å². The summed E-state index contributed by atoms with van der Waals surface area (Å²) in [5.74, 6) is 0.246. The Labute approximate surface area is 170 Å². The molecule has 0 radical (unpaired) electrons. The number of nitrogens with one attached hydrogen (secondary N) is 2. The number of hydrogen-bond acceptors (Lipinski definition) is 7. The number of rotatable bonds is 4. The number of carbonyl (C=O) groups is 1. The Kier molecular flexibility index (Phi) is 4.79. The van der Waals surface area contributed by atoms with Gasteiger partial charge in [-0.25, -0.2) is 13.1 Å². The molecule has 1 saturated heterocycles. The number of benzene rings is 1. The smallest absolute Gasteiger partial charge is 0.263 e. The Morgan fingerprint density at radius 3 is 2.64 bits per heavy atom. The first-order chi connectivity index (χ1) is 13.4. The highest BCUT2D eigenvalue weighted by Crippen LogP contribution is 2.33. The predicted octanol–water partition coefficient (Wildman–Crippen LogP) is 2.89. The zero-order valence-corrected chi connectivity index (χ0v) is 16.9. The SMILES string of the molecule is CNS(=O)(=O)c1ccc(-c2cncc3cc(/C=C4\SC(=S)NC4=O)oc23)cc1. The van der Waals surface area contributed by atoms with E-state index in [1.165, 1.54) is 30.9 Å². The van der Waals surface area contributed by atoms with Gasteiger partial charge in [-0.2, -0.15) is 0 Å². The fourth-order valence-corrected chi connectivity index (χ4v) is 4.50. The van der Waals surface area contributed by atoms with E-state index in [1.807, 2.05) is 0 Å². The minimum absolute atomic E-state index is 0.170. The third kappa shape index (κ3) is 3.47. The molecule has 0 unspecified atom stereocenters. The van der Waals surface area contributed by atoms with Gasteiger partial charge < -0.3 is 9.73 Å². The highest BCUT2D eigenvalue weighted by Gasteiger charge is 2.23. The van der Waals surface area contributed by atoms with E-state index in [9.17, 15) is 13.2 Å². The van der Waals surface area contributed by atoms with Crippen LogP contribution in [0.1, 0.15) is 5.76 Å². The fourth-order valence-electron chi connectivity index (χ4n) is 2.74. The van der Waals surface area contributed by atoms with Crippen LogP contribution in [0.25, 0.3) is 28.2 Å². The van der Waals surface area contributed by atoms with Crippen molar-refractivity contribution in [1.29, 1.82) is 0 Å². The Balaban J connectivity index is 1.75. The number of nitrogens with zero attached hydrogens (tertiary/aromatic N) is 1. The number of hydrogen-bond donors (Lipinski definition) is 2. The number of amides is 1. The summed E-state index contributed by atoms with van der Waals surface area (Å²) in [7, 11) is -2.14. The van der Waals surface area contributed by atoms with Crippen LogP contribution in [0.15, 0.2) is 56.9 Å². The molecule has 28 heavy (non-hydrogen) atoms. The Morgan fingerprint density at radius 2 is 2.00 bits per heavy atom. The lowest BCUT2D eigenvalue weighted by molar-refractivity contribution is -0.115. The van der Waals surface area contributed by atoms with Gasteiger partial charge in [-0.15, -0.1) is 0 Å². The summed E-state index contributed by atoms with van der Waals surface area (Å²) in [5, 5.41) is 3.33. The molecule has 3 aromatic rings. The first kappa shape index (κ1) is 18.8. The quantitative estimate of drug-likeness (QED) is 0.484. The third-order valence-electron chi connectivity index (χ3n) is 4.10. The number of furan rings is 1. The number of sulfonamides is 1. The molecule has 2 N–H and O–H groups in total. The predicted molar refractivity (Wildman–Crippen MR) is 112 cm³/mol. The van der Waals surface area contributed by atoms with Crippen molar-refractivity contribution < 1.29 is 17.6 Å². The van der Waals surface area contributed by atoms with Crippen LogP contribution >= 0.6 is 24.0 Å². The molecule has 3 heterocycles. The lowest BCUT2D eigenvalue weighted by atomic mass is 10.1. The average Bonchev–Trinajstić information content (AvgIpc) is 3.23. The molecule has 1 amide bonds. The summed E-state index contributed by atoms with van der Waals surface area (Å²) in [4.78, 5) is 16.7. The molecule has 0 aliphatic carbocycles. The second kappa shape index (κ2) is 7.13. The largest absolute Gasteiger partial charge is 0.456 e. The molecule has 1 aromatic carbocycles. The summed E-state index contributed by atoms with van der Waals surface area (Å²) in [6, 6.07) is 8.21. The van der Waals surface area contributed by atoms with E-state index < -0.39 is 10.0 Å². The van der Waals surface area contributed by atoms with E-state index in [-0.39, 0.29) is 10.8 Å². The molecule has 142 valence electrons. The normalized spacial score (nSPS) is 16.1. The molecule has 0 spiro atoms. The van der Waals surface area contributed by atoms with Gasteiger partial charge >= 0.3 is 0 Å². The van der Waals surface area contributed by atoms with Crippen molar-refractivity contribution in [1.82, 2.24) is 15.0 Å². The van der Waals surface area contributed by atoms with E-state index >= 15 is 0 Å².